The van der Waals surface area contributed by atoms with Gasteiger partial charge in [-0.1, -0.05) is 172 Å². The molecule has 0 fully saturated rings. The highest BCUT2D eigenvalue weighted by Crippen LogP contribution is 2.49. The van der Waals surface area contributed by atoms with Gasteiger partial charge in [0.2, 0.25) is 0 Å². The van der Waals surface area contributed by atoms with E-state index in [1.807, 2.05) is 48.5 Å². The summed E-state index contributed by atoms with van der Waals surface area (Å²) in [4.78, 5) is 15.3. The first kappa shape index (κ1) is 33.9. The van der Waals surface area contributed by atoms with Crippen LogP contribution < -0.4 is 0 Å². The summed E-state index contributed by atoms with van der Waals surface area (Å²) in [5.41, 5.74) is 16.7. The highest BCUT2D eigenvalue weighted by atomic mass is 16.3. The Labute approximate surface area is 337 Å². The van der Waals surface area contributed by atoms with E-state index in [1.54, 1.807) is 0 Å². The first-order valence-corrected chi connectivity index (χ1v) is 19.8. The lowest BCUT2D eigenvalue weighted by molar-refractivity contribution is 0.660. The number of furan rings is 1. The van der Waals surface area contributed by atoms with Crippen LogP contribution in [0, 0.1) is 0 Å². The summed E-state index contributed by atoms with van der Waals surface area (Å²) in [6.45, 7) is 4.67. The first-order chi connectivity index (χ1) is 28.5. The second kappa shape index (κ2) is 13.4. The Bertz CT molecular complexity index is 3180. The maximum atomic E-state index is 6.50. The van der Waals surface area contributed by atoms with E-state index < -0.39 is 0 Å². The molecule has 0 saturated carbocycles. The average Bonchev–Trinajstić information content (AvgIpc) is 3.78. The van der Waals surface area contributed by atoms with Gasteiger partial charge in [0.25, 0.3) is 0 Å². The number of aromatic nitrogens is 3. The molecule has 11 rings (SSSR count). The molecule has 0 radical (unpaired) electrons. The van der Waals surface area contributed by atoms with E-state index >= 15 is 0 Å². The van der Waals surface area contributed by atoms with Crippen molar-refractivity contribution in [2.45, 2.75) is 19.3 Å². The molecule has 8 aromatic carbocycles. The van der Waals surface area contributed by atoms with Gasteiger partial charge in [-0.2, -0.15) is 0 Å². The van der Waals surface area contributed by atoms with Crippen LogP contribution in [0.15, 0.2) is 192 Å². The van der Waals surface area contributed by atoms with Crippen molar-refractivity contribution in [2.24, 2.45) is 0 Å². The molecule has 0 atom stereocenters. The molecule has 1 aliphatic rings. The zero-order valence-electron chi connectivity index (χ0n) is 32.1. The van der Waals surface area contributed by atoms with E-state index in [0.29, 0.717) is 17.5 Å². The van der Waals surface area contributed by atoms with Gasteiger partial charge < -0.3 is 4.42 Å². The van der Waals surface area contributed by atoms with Crippen LogP contribution in [0.25, 0.3) is 101 Å². The summed E-state index contributed by atoms with van der Waals surface area (Å²) in [6, 6.07) is 66.1. The highest BCUT2D eigenvalue weighted by molar-refractivity contribution is 6.12. The predicted molar refractivity (Wildman–Crippen MR) is 237 cm³/mol. The minimum atomic E-state index is -0.0568. The van der Waals surface area contributed by atoms with Gasteiger partial charge in [0.15, 0.2) is 17.5 Å². The van der Waals surface area contributed by atoms with Crippen molar-refractivity contribution in [2.75, 3.05) is 0 Å². The van der Waals surface area contributed by atoms with Gasteiger partial charge in [0.05, 0.1) is 0 Å². The van der Waals surface area contributed by atoms with Crippen LogP contribution in [0.2, 0.25) is 0 Å². The van der Waals surface area contributed by atoms with Crippen LogP contribution in [-0.4, -0.2) is 15.0 Å². The molecule has 0 N–H and O–H groups in total. The lowest BCUT2D eigenvalue weighted by atomic mass is 9.81. The second-order valence-electron chi connectivity index (χ2n) is 15.6. The third kappa shape index (κ3) is 5.64. The van der Waals surface area contributed by atoms with Gasteiger partial charge in [-0.15, -0.1) is 0 Å². The first-order valence-electron chi connectivity index (χ1n) is 19.8. The molecule has 1 aliphatic carbocycles. The number of hydrogen-bond acceptors (Lipinski definition) is 4. The van der Waals surface area contributed by atoms with E-state index in [4.69, 9.17) is 19.4 Å². The normalized spacial score (nSPS) is 12.8. The summed E-state index contributed by atoms with van der Waals surface area (Å²) in [5, 5.41) is 1.99. The number of nitrogens with zero attached hydrogens (tertiary/aromatic N) is 3. The Hall–Kier alpha value is -7.43. The molecule has 58 heavy (non-hydrogen) atoms. The molecule has 2 aromatic heterocycles. The van der Waals surface area contributed by atoms with Crippen molar-refractivity contribution in [3.8, 4) is 78.7 Å². The largest absolute Gasteiger partial charge is 0.456 e. The van der Waals surface area contributed by atoms with Crippen molar-refractivity contribution >= 4 is 21.9 Å². The standard InChI is InChI=1S/C54H37N3O/c1-54(2)46-21-10-9-19-42(46)43-29-27-41(33-47(43)54)39-18-11-17-38(31-39)40-28-30-48-45(32-40)50-44(20-12-22-49(50)58-48)53-56-51(36-15-7-4-8-16-36)55-52(57-53)37-25-23-35(24-26-37)34-13-5-3-6-14-34/h3-33H,1-2H3. The molecule has 0 amide bonds. The zero-order chi connectivity index (χ0) is 38.8. The van der Waals surface area contributed by atoms with Gasteiger partial charge in [-0.05, 0) is 86.0 Å². The maximum absolute atomic E-state index is 6.50. The average molecular weight is 744 g/mol. The van der Waals surface area contributed by atoms with E-state index in [9.17, 15) is 0 Å². The van der Waals surface area contributed by atoms with Crippen LogP contribution in [0.3, 0.4) is 0 Å². The molecule has 0 saturated heterocycles. The fourth-order valence-electron chi connectivity index (χ4n) is 8.74. The Morgan fingerprint density at radius 3 is 1.60 bits per heavy atom. The maximum Gasteiger partial charge on any atom is 0.164 e. The number of hydrogen-bond donors (Lipinski definition) is 0. The van der Waals surface area contributed by atoms with Crippen molar-refractivity contribution in [3.05, 3.63) is 199 Å². The summed E-state index contributed by atoms with van der Waals surface area (Å²) in [7, 11) is 0. The van der Waals surface area contributed by atoms with Gasteiger partial charge in [0.1, 0.15) is 11.2 Å². The monoisotopic (exact) mass is 743 g/mol. The Morgan fingerprint density at radius 1 is 0.345 bits per heavy atom. The van der Waals surface area contributed by atoms with Crippen LogP contribution in [-0.2, 0) is 5.41 Å². The molecular weight excluding hydrogens is 707 g/mol. The fraction of sp³-hybridized carbons (Fsp3) is 0.0556. The highest BCUT2D eigenvalue weighted by Gasteiger charge is 2.35. The topological polar surface area (TPSA) is 51.8 Å². The van der Waals surface area contributed by atoms with Gasteiger partial charge in [0, 0.05) is 32.9 Å². The molecule has 10 aromatic rings. The van der Waals surface area contributed by atoms with Crippen LogP contribution >= 0.6 is 0 Å². The third-order valence-electron chi connectivity index (χ3n) is 11.8. The number of fused-ring (bicyclic) bond motifs is 6. The van der Waals surface area contributed by atoms with E-state index in [1.165, 1.54) is 38.9 Å². The molecule has 0 bridgehead atoms. The fourth-order valence-corrected chi connectivity index (χ4v) is 8.74. The molecular formula is C54H37N3O. The van der Waals surface area contributed by atoms with Crippen molar-refractivity contribution < 1.29 is 4.42 Å². The Morgan fingerprint density at radius 2 is 0.845 bits per heavy atom. The van der Waals surface area contributed by atoms with Crippen molar-refractivity contribution in [3.63, 3.8) is 0 Å². The van der Waals surface area contributed by atoms with Crippen molar-refractivity contribution in [1.82, 2.24) is 15.0 Å². The summed E-state index contributed by atoms with van der Waals surface area (Å²) < 4.78 is 6.50. The molecule has 0 aliphatic heterocycles. The smallest absolute Gasteiger partial charge is 0.164 e. The summed E-state index contributed by atoms with van der Waals surface area (Å²) >= 11 is 0. The SMILES string of the molecule is CC1(C)c2ccccc2-c2ccc(-c3cccc(-c4ccc5oc6cccc(-c7nc(-c8ccccc8)nc(-c8ccc(-c9ccccc9)cc8)n7)c6c5c4)c3)cc21. The molecule has 2 heterocycles. The predicted octanol–water partition coefficient (Wildman–Crippen LogP) is 14.1. The van der Waals surface area contributed by atoms with Crippen LogP contribution in [0.1, 0.15) is 25.0 Å². The van der Waals surface area contributed by atoms with Gasteiger partial charge >= 0.3 is 0 Å². The Balaban J connectivity index is 1.01. The third-order valence-corrected chi connectivity index (χ3v) is 11.8. The quantitative estimate of drug-likeness (QED) is 0.170. The minimum absolute atomic E-state index is 0.0568. The summed E-state index contributed by atoms with van der Waals surface area (Å²) in [6.07, 6.45) is 0. The minimum Gasteiger partial charge on any atom is -0.456 e. The van der Waals surface area contributed by atoms with E-state index in [-0.39, 0.29) is 5.41 Å². The summed E-state index contributed by atoms with van der Waals surface area (Å²) in [5.74, 6) is 1.83. The van der Waals surface area contributed by atoms with E-state index in [2.05, 4.69) is 153 Å². The number of rotatable bonds is 6. The van der Waals surface area contributed by atoms with Crippen LogP contribution in [0.5, 0.6) is 0 Å². The zero-order valence-corrected chi connectivity index (χ0v) is 32.1. The molecule has 4 nitrogen and oxygen atoms in total. The van der Waals surface area contributed by atoms with E-state index in [0.717, 1.165) is 55.3 Å². The lowest BCUT2D eigenvalue weighted by Crippen LogP contribution is -2.14. The van der Waals surface area contributed by atoms with Crippen LogP contribution in [0.4, 0.5) is 0 Å². The molecule has 274 valence electrons. The Kier molecular flexibility index (Phi) is 7.80. The number of benzene rings is 8. The van der Waals surface area contributed by atoms with Gasteiger partial charge in [-0.3, -0.25) is 0 Å². The molecule has 0 spiro atoms. The lowest BCUT2D eigenvalue weighted by Gasteiger charge is -2.22. The molecule has 0 unspecified atom stereocenters. The van der Waals surface area contributed by atoms with Crippen molar-refractivity contribution in [1.29, 1.82) is 0 Å². The second-order valence-corrected chi connectivity index (χ2v) is 15.6. The molecule has 4 heteroatoms. The van der Waals surface area contributed by atoms with Gasteiger partial charge in [-0.25, -0.2) is 15.0 Å².